The van der Waals surface area contributed by atoms with Crippen LogP contribution in [0.5, 0.6) is 0 Å². The molecule has 3 fully saturated rings. The van der Waals surface area contributed by atoms with Gasteiger partial charge in [-0.2, -0.15) is 0 Å². The van der Waals surface area contributed by atoms with E-state index in [-0.39, 0.29) is 22.4 Å². The summed E-state index contributed by atoms with van der Waals surface area (Å²) in [4.78, 5) is 36.1. The Morgan fingerprint density at radius 2 is 1.68 bits per heavy atom. The predicted molar refractivity (Wildman–Crippen MR) is 82.1 cm³/mol. The lowest BCUT2D eigenvalue weighted by Crippen LogP contribution is -2.51. The van der Waals surface area contributed by atoms with E-state index in [2.05, 4.69) is 13.8 Å². The Morgan fingerprint density at radius 1 is 0.955 bits per heavy atom. The number of rotatable bonds is 0. The van der Waals surface area contributed by atoms with Crippen molar-refractivity contribution in [3.8, 4) is 0 Å². The first-order valence-corrected chi connectivity index (χ1v) is 8.68. The molecular formula is C19H24O3. The molecule has 0 aromatic rings. The zero-order chi connectivity index (χ0) is 15.7. The SMILES string of the molecule is C[C@]12CC(=O)C(=O)C=C1CC[C@@H]1[C@@H]2CC[C@]2(C)C(=O)CC[C@@H]12. The van der Waals surface area contributed by atoms with Gasteiger partial charge in [-0.05, 0) is 61.3 Å². The average Bonchev–Trinajstić information content (AvgIpc) is 2.77. The molecule has 0 aliphatic heterocycles. The summed E-state index contributed by atoms with van der Waals surface area (Å²) in [5.74, 6) is 1.44. The smallest absolute Gasteiger partial charge is 0.221 e. The Hall–Kier alpha value is -1.25. The van der Waals surface area contributed by atoms with Gasteiger partial charge in [0.15, 0.2) is 0 Å². The lowest BCUT2D eigenvalue weighted by molar-refractivity contribution is -0.139. The number of hydrogen-bond acceptors (Lipinski definition) is 3. The summed E-state index contributed by atoms with van der Waals surface area (Å²) >= 11 is 0. The van der Waals surface area contributed by atoms with Crippen molar-refractivity contribution in [1.82, 2.24) is 0 Å². The molecule has 0 saturated heterocycles. The lowest BCUT2D eigenvalue weighted by Gasteiger charge is -2.56. The van der Waals surface area contributed by atoms with Crippen LogP contribution in [0.3, 0.4) is 0 Å². The number of carbonyl (C=O) groups is 3. The highest BCUT2D eigenvalue weighted by Crippen LogP contribution is 2.64. The summed E-state index contributed by atoms with van der Waals surface area (Å²) in [5, 5.41) is 0. The van der Waals surface area contributed by atoms with Crippen LogP contribution in [0, 0.1) is 28.6 Å². The van der Waals surface area contributed by atoms with Crippen molar-refractivity contribution < 1.29 is 14.4 Å². The van der Waals surface area contributed by atoms with Crippen LogP contribution in [0.25, 0.3) is 0 Å². The third kappa shape index (κ3) is 1.65. The Labute approximate surface area is 131 Å². The normalized spacial score (nSPS) is 47.6. The van der Waals surface area contributed by atoms with E-state index in [9.17, 15) is 14.4 Å². The maximum atomic E-state index is 12.4. The second kappa shape index (κ2) is 4.39. The molecule has 0 aromatic carbocycles. The van der Waals surface area contributed by atoms with Gasteiger partial charge < -0.3 is 0 Å². The van der Waals surface area contributed by atoms with Gasteiger partial charge in [-0.25, -0.2) is 0 Å². The fourth-order valence-corrected chi connectivity index (χ4v) is 6.24. The van der Waals surface area contributed by atoms with E-state index < -0.39 is 0 Å². The highest BCUT2D eigenvalue weighted by atomic mass is 16.2. The molecular weight excluding hydrogens is 276 g/mol. The van der Waals surface area contributed by atoms with Crippen LogP contribution in [0.1, 0.15) is 58.8 Å². The van der Waals surface area contributed by atoms with Gasteiger partial charge in [-0.3, -0.25) is 14.4 Å². The van der Waals surface area contributed by atoms with E-state index in [0.717, 1.165) is 38.5 Å². The van der Waals surface area contributed by atoms with Crippen molar-refractivity contribution >= 4 is 17.3 Å². The van der Waals surface area contributed by atoms with E-state index in [1.54, 1.807) is 6.08 Å². The standard InChI is InChI=1S/C19H24O3/c1-18-8-7-14-12(13(18)5-6-17(18)22)4-3-11-9-15(20)16(21)10-19(11,14)2/h9,12-14H,3-8,10H2,1-2H3/t12-,13-,14-,18-,19-/m0/s1. The van der Waals surface area contributed by atoms with E-state index in [0.29, 0.717) is 30.0 Å². The van der Waals surface area contributed by atoms with Gasteiger partial charge >= 0.3 is 0 Å². The molecule has 0 heterocycles. The Morgan fingerprint density at radius 3 is 2.45 bits per heavy atom. The van der Waals surface area contributed by atoms with Gasteiger partial charge in [-0.1, -0.05) is 19.4 Å². The molecule has 0 unspecified atom stereocenters. The van der Waals surface area contributed by atoms with E-state index >= 15 is 0 Å². The first-order valence-electron chi connectivity index (χ1n) is 8.68. The van der Waals surface area contributed by atoms with Crippen molar-refractivity contribution in [3.63, 3.8) is 0 Å². The summed E-state index contributed by atoms with van der Waals surface area (Å²) in [7, 11) is 0. The Kier molecular flexibility index (Phi) is 2.87. The van der Waals surface area contributed by atoms with Crippen molar-refractivity contribution in [2.75, 3.05) is 0 Å². The number of allylic oxidation sites excluding steroid dienone is 1. The van der Waals surface area contributed by atoms with Gasteiger partial charge in [0.25, 0.3) is 0 Å². The molecule has 3 nitrogen and oxygen atoms in total. The fraction of sp³-hybridized carbons (Fsp3) is 0.737. The molecule has 0 amide bonds. The quantitative estimate of drug-likeness (QED) is 0.645. The van der Waals surface area contributed by atoms with Crippen molar-refractivity contribution in [3.05, 3.63) is 11.6 Å². The second-order valence-electron chi connectivity index (χ2n) is 8.38. The van der Waals surface area contributed by atoms with E-state index in [1.807, 2.05) is 0 Å². The Bertz CT molecular complexity index is 616. The topological polar surface area (TPSA) is 51.2 Å². The third-order valence-electron chi connectivity index (χ3n) is 7.55. The van der Waals surface area contributed by atoms with Gasteiger partial charge in [-0.15, -0.1) is 0 Å². The maximum Gasteiger partial charge on any atom is 0.221 e. The van der Waals surface area contributed by atoms with Crippen LogP contribution < -0.4 is 0 Å². The summed E-state index contributed by atoms with van der Waals surface area (Å²) in [6.07, 6.45) is 7.78. The number of hydrogen-bond donors (Lipinski definition) is 0. The minimum Gasteiger partial charge on any atom is -0.299 e. The molecule has 5 atom stereocenters. The first-order chi connectivity index (χ1) is 10.4. The molecule has 4 rings (SSSR count). The molecule has 0 radical (unpaired) electrons. The minimum absolute atomic E-state index is 0.118. The lowest BCUT2D eigenvalue weighted by atomic mass is 9.47. The largest absolute Gasteiger partial charge is 0.299 e. The second-order valence-corrected chi connectivity index (χ2v) is 8.38. The van der Waals surface area contributed by atoms with Crippen LogP contribution in [0.4, 0.5) is 0 Å². The number of carbonyl (C=O) groups excluding carboxylic acids is 3. The van der Waals surface area contributed by atoms with Gasteiger partial charge in [0, 0.05) is 18.3 Å². The van der Waals surface area contributed by atoms with Crippen LogP contribution in [0.2, 0.25) is 0 Å². The molecule has 4 aliphatic carbocycles. The number of ketones is 3. The van der Waals surface area contributed by atoms with Crippen LogP contribution in [-0.2, 0) is 14.4 Å². The van der Waals surface area contributed by atoms with Gasteiger partial charge in [0.1, 0.15) is 5.78 Å². The minimum atomic E-state index is -0.303. The van der Waals surface area contributed by atoms with Crippen LogP contribution in [0.15, 0.2) is 11.6 Å². The van der Waals surface area contributed by atoms with Crippen LogP contribution in [-0.4, -0.2) is 17.3 Å². The maximum absolute atomic E-state index is 12.4. The summed E-state index contributed by atoms with van der Waals surface area (Å²) in [5.41, 5.74) is 0.944. The van der Waals surface area contributed by atoms with Crippen molar-refractivity contribution in [1.29, 1.82) is 0 Å². The fourth-order valence-electron chi connectivity index (χ4n) is 6.24. The number of Topliss-reactive ketones (excluding diaryl/α,β-unsaturated/α-hetero) is 2. The summed E-state index contributed by atoms with van der Waals surface area (Å²) < 4.78 is 0. The molecule has 0 aromatic heterocycles. The molecule has 3 saturated carbocycles. The van der Waals surface area contributed by atoms with Gasteiger partial charge in [0.2, 0.25) is 11.6 Å². The van der Waals surface area contributed by atoms with E-state index in [1.165, 1.54) is 5.57 Å². The van der Waals surface area contributed by atoms with Crippen molar-refractivity contribution in [2.45, 2.75) is 58.8 Å². The van der Waals surface area contributed by atoms with E-state index in [4.69, 9.17) is 0 Å². The summed E-state index contributed by atoms with van der Waals surface area (Å²) in [6.45, 7) is 4.37. The zero-order valence-electron chi connectivity index (χ0n) is 13.5. The molecule has 0 bridgehead atoms. The zero-order valence-corrected chi connectivity index (χ0v) is 13.5. The third-order valence-corrected chi connectivity index (χ3v) is 7.55. The predicted octanol–water partition coefficient (Wildman–Crippen LogP) is 3.27. The monoisotopic (exact) mass is 300 g/mol. The van der Waals surface area contributed by atoms with Gasteiger partial charge in [0.05, 0.1) is 0 Å². The molecule has 4 aliphatic rings. The molecule has 0 spiro atoms. The highest BCUT2D eigenvalue weighted by molar-refractivity contribution is 6.42. The molecule has 3 heteroatoms. The van der Waals surface area contributed by atoms with Crippen molar-refractivity contribution in [2.24, 2.45) is 28.6 Å². The van der Waals surface area contributed by atoms with Crippen LogP contribution >= 0.6 is 0 Å². The highest BCUT2D eigenvalue weighted by Gasteiger charge is 2.59. The average molecular weight is 300 g/mol. The summed E-state index contributed by atoms with van der Waals surface area (Å²) in [6, 6.07) is 0. The first kappa shape index (κ1) is 14.3. The molecule has 118 valence electrons. The molecule has 0 N–H and O–H groups in total. The molecule has 22 heavy (non-hydrogen) atoms. The number of fused-ring (bicyclic) bond motifs is 5. The Balaban J connectivity index is 1.73.